The summed E-state index contributed by atoms with van der Waals surface area (Å²) in [6.07, 6.45) is 3.21. The largest absolute Gasteiger partial charge is 0.465 e. The van der Waals surface area contributed by atoms with Gasteiger partial charge in [0.25, 0.3) is 0 Å². The molecule has 0 aromatic heterocycles. The van der Waals surface area contributed by atoms with E-state index in [-0.39, 0.29) is 31.2 Å². The van der Waals surface area contributed by atoms with E-state index in [1.54, 1.807) is 6.92 Å². The molecular weight excluding hydrogens is 272 g/mol. The number of rotatable bonds is 6. The van der Waals surface area contributed by atoms with Gasteiger partial charge in [0.1, 0.15) is 0 Å². The Morgan fingerprint density at radius 1 is 1.19 bits per heavy atom. The van der Waals surface area contributed by atoms with Crippen LogP contribution in [0.4, 0.5) is 0 Å². The number of hydrogen-bond acceptors (Lipinski definition) is 5. The fraction of sp³-hybridized carbons (Fsp3) is 0.750. The first-order valence-corrected chi connectivity index (χ1v) is 7.43. The molecule has 0 bridgehead atoms. The summed E-state index contributed by atoms with van der Waals surface area (Å²) in [4.78, 5) is 23.4. The molecular formula is C16H24O5. The number of fused-ring (bicyclic) bond motifs is 1. The highest BCUT2D eigenvalue weighted by Gasteiger charge is 2.46. The molecule has 1 saturated carbocycles. The summed E-state index contributed by atoms with van der Waals surface area (Å²) in [6, 6.07) is 0. The average Bonchev–Trinajstić information content (AvgIpc) is 3.20. The molecule has 1 aliphatic carbocycles. The molecule has 0 radical (unpaired) electrons. The number of carbonyl (C=O) groups is 2. The predicted molar refractivity (Wildman–Crippen MR) is 76.5 cm³/mol. The fourth-order valence-corrected chi connectivity index (χ4v) is 2.43. The lowest BCUT2D eigenvalue weighted by Gasteiger charge is -2.25. The van der Waals surface area contributed by atoms with Crippen LogP contribution in [0.15, 0.2) is 12.2 Å². The number of esters is 2. The van der Waals surface area contributed by atoms with Crippen molar-refractivity contribution in [3.8, 4) is 0 Å². The summed E-state index contributed by atoms with van der Waals surface area (Å²) >= 11 is 0. The van der Waals surface area contributed by atoms with Gasteiger partial charge >= 0.3 is 11.9 Å². The van der Waals surface area contributed by atoms with Gasteiger partial charge in [-0.25, -0.2) is 4.79 Å². The molecule has 21 heavy (non-hydrogen) atoms. The van der Waals surface area contributed by atoms with Crippen molar-refractivity contribution in [1.29, 1.82) is 0 Å². The van der Waals surface area contributed by atoms with Crippen LogP contribution in [0.5, 0.6) is 0 Å². The van der Waals surface area contributed by atoms with Crippen molar-refractivity contribution in [3.05, 3.63) is 12.2 Å². The van der Waals surface area contributed by atoms with Crippen LogP contribution >= 0.6 is 0 Å². The van der Waals surface area contributed by atoms with Gasteiger partial charge in [-0.15, -0.1) is 0 Å². The van der Waals surface area contributed by atoms with Gasteiger partial charge in [0, 0.05) is 11.0 Å². The molecule has 5 nitrogen and oxygen atoms in total. The normalized spacial score (nSPS) is 27.5. The number of epoxide rings is 1. The molecule has 0 spiro atoms. The van der Waals surface area contributed by atoms with Crippen molar-refractivity contribution in [2.24, 2.45) is 11.3 Å². The molecule has 3 atom stereocenters. The van der Waals surface area contributed by atoms with Gasteiger partial charge in [0.2, 0.25) is 0 Å². The third kappa shape index (κ3) is 4.56. The third-order valence-electron chi connectivity index (χ3n) is 3.89. The van der Waals surface area contributed by atoms with E-state index in [1.807, 2.05) is 13.8 Å². The molecule has 2 aliphatic rings. The molecule has 1 saturated heterocycles. The SMILES string of the molecule is C=C(C)C(=O)OCC(C)(C)COC(=O)C1CCC2OC2C1. The smallest absolute Gasteiger partial charge is 0.333 e. The highest BCUT2D eigenvalue weighted by molar-refractivity contribution is 5.86. The number of ether oxygens (including phenoxy) is 3. The summed E-state index contributed by atoms with van der Waals surface area (Å²) in [5.74, 6) is -0.635. The van der Waals surface area contributed by atoms with Gasteiger partial charge in [-0.05, 0) is 26.2 Å². The fourth-order valence-electron chi connectivity index (χ4n) is 2.43. The molecule has 0 amide bonds. The van der Waals surface area contributed by atoms with Crippen molar-refractivity contribution in [1.82, 2.24) is 0 Å². The topological polar surface area (TPSA) is 65.1 Å². The lowest BCUT2D eigenvalue weighted by atomic mass is 9.89. The molecule has 0 aromatic rings. The van der Waals surface area contributed by atoms with Gasteiger partial charge in [0.15, 0.2) is 0 Å². The van der Waals surface area contributed by atoms with E-state index in [0.717, 1.165) is 19.3 Å². The maximum Gasteiger partial charge on any atom is 0.333 e. The van der Waals surface area contributed by atoms with E-state index in [0.29, 0.717) is 11.7 Å². The van der Waals surface area contributed by atoms with Crippen molar-refractivity contribution < 1.29 is 23.8 Å². The van der Waals surface area contributed by atoms with Crippen molar-refractivity contribution in [2.75, 3.05) is 13.2 Å². The Morgan fingerprint density at radius 3 is 2.48 bits per heavy atom. The Balaban J connectivity index is 1.71. The highest BCUT2D eigenvalue weighted by atomic mass is 16.6. The Bertz CT molecular complexity index is 440. The van der Waals surface area contributed by atoms with E-state index in [1.165, 1.54) is 0 Å². The molecule has 0 aromatic carbocycles. The standard InChI is InChI=1S/C16H24O5/c1-10(2)14(17)19-8-16(3,4)9-20-15(18)11-5-6-12-13(7-11)21-12/h11-13H,1,5-9H2,2-4H3. The maximum atomic E-state index is 12.1. The maximum absolute atomic E-state index is 12.1. The zero-order chi connectivity index (χ0) is 15.6. The van der Waals surface area contributed by atoms with Crippen LogP contribution in [-0.2, 0) is 23.8 Å². The Morgan fingerprint density at radius 2 is 1.86 bits per heavy atom. The zero-order valence-corrected chi connectivity index (χ0v) is 13.0. The summed E-state index contributed by atoms with van der Waals surface area (Å²) in [7, 11) is 0. The minimum Gasteiger partial charge on any atom is -0.465 e. The zero-order valence-electron chi connectivity index (χ0n) is 13.0. The van der Waals surface area contributed by atoms with Crippen molar-refractivity contribution in [3.63, 3.8) is 0 Å². The summed E-state index contributed by atoms with van der Waals surface area (Å²) < 4.78 is 15.9. The first kappa shape index (κ1) is 16.0. The Kier molecular flexibility index (Phi) is 4.71. The van der Waals surface area contributed by atoms with Gasteiger partial charge in [-0.2, -0.15) is 0 Å². The lowest BCUT2D eigenvalue weighted by Crippen LogP contribution is -2.31. The molecule has 5 heteroatoms. The molecule has 2 rings (SSSR count). The minimum atomic E-state index is -0.418. The number of hydrogen-bond donors (Lipinski definition) is 0. The molecule has 1 heterocycles. The van der Waals surface area contributed by atoms with Crippen molar-refractivity contribution in [2.45, 2.75) is 52.2 Å². The second-order valence-electron chi connectivity index (χ2n) is 6.85. The van der Waals surface area contributed by atoms with E-state index < -0.39 is 11.4 Å². The third-order valence-corrected chi connectivity index (χ3v) is 3.89. The summed E-state index contributed by atoms with van der Waals surface area (Å²) in [6.45, 7) is 9.36. The van der Waals surface area contributed by atoms with Crippen LogP contribution in [0.2, 0.25) is 0 Å². The quantitative estimate of drug-likeness (QED) is 0.427. The van der Waals surface area contributed by atoms with Crippen LogP contribution in [-0.4, -0.2) is 37.4 Å². The second-order valence-corrected chi connectivity index (χ2v) is 6.85. The van der Waals surface area contributed by atoms with Crippen LogP contribution in [0, 0.1) is 11.3 Å². The summed E-state index contributed by atoms with van der Waals surface area (Å²) in [5, 5.41) is 0. The van der Waals surface area contributed by atoms with Crippen LogP contribution in [0.25, 0.3) is 0 Å². The van der Waals surface area contributed by atoms with E-state index in [2.05, 4.69) is 6.58 Å². The number of carbonyl (C=O) groups excluding carboxylic acids is 2. The molecule has 0 N–H and O–H groups in total. The Labute approximate surface area is 125 Å². The van der Waals surface area contributed by atoms with E-state index >= 15 is 0 Å². The van der Waals surface area contributed by atoms with Crippen molar-refractivity contribution >= 4 is 11.9 Å². The van der Waals surface area contributed by atoms with Crippen LogP contribution in [0.1, 0.15) is 40.0 Å². The lowest BCUT2D eigenvalue weighted by molar-refractivity contribution is -0.155. The average molecular weight is 296 g/mol. The first-order chi connectivity index (χ1) is 9.78. The molecule has 2 fully saturated rings. The second kappa shape index (κ2) is 6.18. The monoisotopic (exact) mass is 296 g/mol. The van der Waals surface area contributed by atoms with E-state index in [4.69, 9.17) is 14.2 Å². The molecule has 3 unspecified atom stereocenters. The van der Waals surface area contributed by atoms with Crippen LogP contribution in [0.3, 0.4) is 0 Å². The Hall–Kier alpha value is -1.36. The first-order valence-electron chi connectivity index (χ1n) is 7.43. The summed E-state index contributed by atoms with van der Waals surface area (Å²) in [5.41, 5.74) is -0.0439. The predicted octanol–water partition coefficient (Wildman–Crippen LogP) is 2.24. The molecule has 118 valence electrons. The molecule has 1 aliphatic heterocycles. The van der Waals surface area contributed by atoms with Gasteiger partial charge in [-0.1, -0.05) is 20.4 Å². The van der Waals surface area contributed by atoms with Gasteiger partial charge < -0.3 is 14.2 Å². The van der Waals surface area contributed by atoms with Crippen LogP contribution < -0.4 is 0 Å². The van der Waals surface area contributed by atoms with E-state index in [9.17, 15) is 9.59 Å². The van der Waals surface area contributed by atoms with Gasteiger partial charge in [-0.3, -0.25) is 4.79 Å². The highest BCUT2D eigenvalue weighted by Crippen LogP contribution is 2.39. The van der Waals surface area contributed by atoms with Gasteiger partial charge in [0.05, 0.1) is 31.3 Å². The minimum absolute atomic E-state index is 0.0532.